The summed E-state index contributed by atoms with van der Waals surface area (Å²) in [4.78, 5) is 12.0. The van der Waals surface area contributed by atoms with E-state index in [1.807, 2.05) is 0 Å². The number of furan rings is 1. The van der Waals surface area contributed by atoms with Gasteiger partial charge in [-0.15, -0.1) is 10.2 Å². The van der Waals surface area contributed by atoms with Gasteiger partial charge in [0.1, 0.15) is 6.33 Å². The van der Waals surface area contributed by atoms with Crippen molar-refractivity contribution in [1.29, 1.82) is 0 Å². The lowest BCUT2D eigenvalue weighted by molar-refractivity contribution is 0.0947. The molecule has 0 fully saturated rings. The SMILES string of the molecule is Cn1cnnc1S(=O)(=O)CCNC(=O)c1cc(-c2ccco2)on1. The number of hydrogen-bond acceptors (Lipinski definition) is 8. The molecule has 3 heterocycles. The Bertz CT molecular complexity index is 941. The smallest absolute Gasteiger partial charge is 0.273 e. The number of carbonyl (C=O) groups is 1. The molecule has 3 aromatic heterocycles. The minimum absolute atomic E-state index is 0.0254. The highest BCUT2D eigenvalue weighted by Gasteiger charge is 2.21. The first-order valence-corrected chi connectivity index (χ1v) is 8.48. The van der Waals surface area contributed by atoms with Gasteiger partial charge in [0.2, 0.25) is 20.8 Å². The molecule has 0 saturated heterocycles. The molecule has 126 valence electrons. The molecule has 3 aromatic rings. The number of nitrogens with zero attached hydrogens (tertiary/aromatic N) is 4. The Morgan fingerprint density at radius 3 is 2.88 bits per heavy atom. The zero-order chi connectivity index (χ0) is 17.2. The molecule has 11 heteroatoms. The van der Waals surface area contributed by atoms with Gasteiger partial charge in [0.05, 0.1) is 12.0 Å². The predicted molar refractivity (Wildman–Crippen MR) is 79.6 cm³/mol. The Labute approximate surface area is 136 Å². The molecule has 0 bridgehead atoms. The van der Waals surface area contributed by atoms with Crippen LogP contribution >= 0.6 is 0 Å². The van der Waals surface area contributed by atoms with Crippen LogP contribution in [0.5, 0.6) is 0 Å². The van der Waals surface area contributed by atoms with E-state index in [0.717, 1.165) is 0 Å². The summed E-state index contributed by atoms with van der Waals surface area (Å²) in [6, 6.07) is 4.75. The van der Waals surface area contributed by atoms with Gasteiger partial charge in [-0.3, -0.25) is 4.79 Å². The fourth-order valence-electron chi connectivity index (χ4n) is 1.95. The van der Waals surface area contributed by atoms with E-state index in [1.165, 1.54) is 30.3 Å². The Kier molecular flexibility index (Phi) is 4.16. The topological polar surface area (TPSA) is 133 Å². The van der Waals surface area contributed by atoms with E-state index in [0.29, 0.717) is 11.5 Å². The second-order valence-electron chi connectivity index (χ2n) is 4.85. The van der Waals surface area contributed by atoms with Crippen molar-refractivity contribution in [1.82, 2.24) is 25.2 Å². The quantitative estimate of drug-likeness (QED) is 0.669. The standard InChI is InChI=1S/C13H13N5O5S/c1-18-8-15-16-13(18)24(20,21)6-4-14-12(19)9-7-11(23-17-9)10-3-2-5-22-10/h2-3,5,7-8H,4,6H2,1H3,(H,14,19). The van der Waals surface area contributed by atoms with Crippen molar-refractivity contribution in [2.45, 2.75) is 5.16 Å². The summed E-state index contributed by atoms with van der Waals surface area (Å²) < 4.78 is 35.6. The third-order valence-electron chi connectivity index (χ3n) is 3.11. The van der Waals surface area contributed by atoms with E-state index < -0.39 is 15.7 Å². The van der Waals surface area contributed by atoms with Crippen LogP contribution in [-0.4, -0.2) is 46.5 Å². The lowest BCUT2D eigenvalue weighted by Crippen LogP contribution is -2.30. The van der Waals surface area contributed by atoms with Crippen LogP contribution in [0.4, 0.5) is 0 Å². The molecule has 0 aliphatic carbocycles. The molecule has 0 aromatic carbocycles. The average Bonchev–Trinajstić information content (AvgIpc) is 3.27. The summed E-state index contributed by atoms with van der Waals surface area (Å²) in [6.07, 6.45) is 2.76. The first kappa shape index (κ1) is 15.9. The van der Waals surface area contributed by atoms with Crippen LogP contribution < -0.4 is 5.32 Å². The maximum atomic E-state index is 12.1. The fourth-order valence-corrected chi connectivity index (χ4v) is 3.16. The Morgan fingerprint density at radius 1 is 1.38 bits per heavy atom. The van der Waals surface area contributed by atoms with Crippen molar-refractivity contribution in [3.05, 3.63) is 36.5 Å². The van der Waals surface area contributed by atoms with Crippen LogP contribution in [0.3, 0.4) is 0 Å². The van der Waals surface area contributed by atoms with Gasteiger partial charge >= 0.3 is 0 Å². The number of aryl methyl sites for hydroxylation is 1. The summed E-state index contributed by atoms with van der Waals surface area (Å²) in [7, 11) is -2.12. The highest BCUT2D eigenvalue weighted by atomic mass is 32.2. The molecule has 0 aliphatic rings. The number of amides is 1. The van der Waals surface area contributed by atoms with Gasteiger partial charge in [-0.25, -0.2) is 8.42 Å². The van der Waals surface area contributed by atoms with Crippen LogP contribution in [0.25, 0.3) is 11.5 Å². The van der Waals surface area contributed by atoms with Crippen molar-refractivity contribution in [2.24, 2.45) is 7.05 Å². The van der Waals surface area contributed by atoms with Crippen molar-refractivity contribution in [2.75, 3.05) is 12.3 Å². The van der Waals surface area contributed by atoms with E-state index in [4.69, 9.17) is 8.94 Å². The molecule has 0 radical (unpaired) electrons. The third kappa shape index (κ3) is 3.20. The van der Waals surface area contributed by atoms with Crippen molar-refractivity contribution < 1.29 is 22.2 Å². The lowest BCUT2D eigenvalue weighted by atomic mass is 10.3. The molecule has 0 saturated carbocycles. The summed E-state index contributed by atoms with van der Waals surface area (Å²) >= 11 is 0. The van der Waals surface area contributed by atoms with Crippen LogP contribution in [0.1, 0.15) is 10.5 Å². The second-order valence-corrected chi connectivity index (χ2v) is 6.86. The molecule has 3 rings (SSSR count). The Morgan fingerprint density at radius 2 is 2.21 bits per heavy atom. The summed E-state index contributed by atoms with van der Waals surface area (Å²) in [5.41, 5.74) is 0.0254. The maximum absolute atomic E-state index is 12.1. The third-order valence-corrected chi connectivity index (χ3v) is 4.78. The zero-order valence-electron chi connectivity index (χ0n) is 12.5. The van der Waals surface area contributed by atoms with E-state index in [2.05, 4.69) is 20.7 Å². The summed E-state index contributed by atoms with van der Waals surface area (Å²) in [6.45, 7) is -0.100. The highest BCUT2D eigenvalue weighted by molar-refractivity contribution is 7.91. The lowest BCUT2D eigenvalue weighted by Gasteiger charge is -2.04. The number of rotatable bonds is 6. The zero-order valence-corrected chi connectivity index (χ0v) is 13.4. The van der Waals surface area contributed by atoms with E-state index in [9.17, 15) is 13.2 Å². The van der Waals surface area contributed by atoms with Gasteiger partial charge in [0.25, 0.3) is 5.91 Å². The average molecular weight is 351 g/mol. The summed E-state index contributed by atoms with van der Waals surface area (Å²) in [5, 5.41) is 13.0. The number of sulfone groups is 1. The number of aromatic nitrogens is 4. The summed E-state index contributed by atoms with van der Waals surface area (Å²) in [5.74, 6) is -0.123. The molecular formula is C13H13N5O5S. The molecule has 1 amide bonds. The van der Waals surface area contributed by atoms with Crippen molar-refractivity contribution in [3.8, 4) is 11.5 Å². The minimum Gasteiger partial charge on any atom is -0.461 e. The Hall–Kier alpha value is -2.95. The molecule has 0 unspecified atom stereocenters. The van der Waals surface area contributed by atoms with Gasteiger partial charge in [-0.1, -0.05) is 5.16 Å². The maximum Gasteiger partial charge on any atom is 0.273 e. The number of nitrogens with one attached hydrogen (secondary N) is 1. The number of hydrogen-bond donors (Lipinski definition) is 1. The Balaban J connectivity index is 1.59. The van der Waals surface area contributed by atoms with Gasteiger partial charge in [0, 0.05) is 19.7 Å². The van der Waals surface area contributed by atoms with Gasteiger partial charge < -0.3 is 18.8 Å². The van der Waals surface area contributed by atoms with Gasteiger partial charge in [-0.2, -0.15) is 0 Å². The molecule has 0 spiro atoms. The predicted octanol–water partition coefficient (Wildman–Crippen LogP) is 0.267. The molecule has 1 N–H and O–H groups in total. The van der Waals surface area contributed by atoms with Gasteiger partial charge in [-0.05, 0) is 12.1 Å². The van der Waals surface area contributed by atoms with Gasteiger partial charge in [0.15, 0.2) is 11.5 Å². The van der Waals surface area contributed by atoms with Crippen LogP contribution in [0.2, 0.25) is 0 Å². The molecule has 10 nitrogen and oxygen atoms in total. The molecule has 24 heavy (non-hydrogen) atoms. The minimum atomic E-state index is -3.64. The van der Waals surface area contributed by atoms with Crippen LogP contribution in [0.15, 0.2) is 44.9 Å². The normalized spacial score (nSPS) is 11.5. The van der Waals surface area contributed by atoms with E-state index in [1.54, 1.807) is 12.1 Å². The molecular weight excluding hydrogens is 338 g/mol. The fraction of sp³-hybridized carbons (Fsp3) is 0.231. The largest absolute Gasteiger partial charge is 0.461 e. The van der Waals surface area contributed by atoms with Crippen LogP contribution in [-0.2, 0) is 16.9 Å². The molecule has 0 aliphatic heterocycles. The first-order chi connectivity index (χ1) is 11.5. The van der Waals surface area contributed by atoms with Crippen LogP contribution in [0, 0.1) is 0 Å². The van der Waals surface area contributed by atoms with E-state index >= 15 is 0 Å². The molecule has 0 atom stereocenters. The number of carbonyl (C=O) groups excluding carboxylic acids is 1. The first-order valence-electron chi connectivity index (χ1n) is 6.83. The second kappa shape index (κ2) is 6.28. The van der Waals surface area contributed by atoms with Crippen molar-refractivity contribution >= 4 is 15.7 Å². The highest BCUT2D eigenvalue weighted by Crippen LogP contribution is 2.20. The monoisotopic (exact) mass is 351 g/mol. The van der Waals surface area contributed by atoms with Crippen molar-refractivity contribution in [3.63, 3.8) is 0 Å². The van der Waals surface area contributed by atoms with E-state index in [-0.39, 0.29) is 23.1 Å².